The van der Waals surface area contributed by atoms with E-state index in [4.69, 9.17) is 23.2 Å². The average molecular weight is 423 g/mol. The number of rotatable bonds is 4. The predicted octanol–water partition coefficient (Wildman–Crippen LogP) is 4.42. The fraction of sp³-hybridized carbons (Fsp3) is 0. The van der Waals surface area contributed by atoms with Gasteiger partial charge < -0.3 is 5.32 Å². The van der Waals surface area contributed by atoms with Crippen molar-refractivity contribution in [1.82, 2.24) is 34.6 Å². The van der Waals surface area contributed by atoms with Crippen LogP contribution in [-0.2, 0) is 0 Å². The van der Waals surface area contributed by atoms with E-state index in [9.17, 15) is 0 Å². The molecule has 0 bridgehead atoms. The number of fused-ring (bicyclic) bond motifs is 1. The molecule has 0 atom stereocenters. The maximum atomic E-state index is 6.20. The van der Waals surface area contributed by atoms with Crippen LogP contribution in [0, 0.1) is 0 Å². The van der Waals surface area contributed by atoms with Crippen molar-refractivity contribution in [2.24, 2.45) is 0 Å². The minimum atomic E-state index is 0.406. The summed E-state index contributed by atoms with van der Waals surface area (Å²) in [5.41, 5.74) is 2.31. The Morgan fingerprint density at radius 3 is 2.62 bits per heavy atom. The molecular weight excluding hydrogens is 411 g/mol. The van der Waals surface area contributed by atoms with Crippen molar-refractivity contribution >= 4 is 40.4 Å². The molecule has 8 nitrogen and oxygen atoms in total. The quantitative estimate of drug-likeness (QED) is 0.461. The van der Waals surface area contributed by atoms with Gasteiger partial charge in [0.05, 0.1) is 28.1 Å². The van der Waals surface area contributed by atoms with Gasteiger partial charge in [-0.25, -0.2) is 9.67 Å². The molecule has 4 aromatic heterocycles. The average Bonchev–Trinajstić information content (AvgIpc) is 3.35. The van der Waals surface area contributed by atoms with Gasteiger partial charge in [-0.2, -0.15) is 9.61 Å². The van der Waals surface area contributed by atoms with E-state index in [1.807, 2.05) is 42.5 Å². The number of hydrogen-bond donors (Lipinski definition) is 1. The van der Waals surface area contributed by atoms with E-state index in [1.165, 1.54) is 6.20 Å². The molecule has 29 heavy (non-hydrogen) atoms. The van der Waals surface area contributed by atoms with Crippen LogP contribution in [0.4, 0.5) is 11.5 Å². The van der Waals surface area contributed by atoms with E-state index in [0.717, 1.165) is 11.3 Å². The molecule has 0 aliphatic carbocycles. The van der Waals surface area contributed by atoms with Gasteiger partial charge >= 0.3 is 0 Å². The topological polar surface area (TPSA) is 85.8 Å². The zero-order valence-electron chi connectivity index (χ0n) is 14.7. The van der Waals surface area contributed by atoms with E-state index in [-0.39, 0.29) is 0 Å². The molecule has 10 heteroatoms. The van der Waals surface area contributed by atoms with E-state index in [1.54, 1.807) is 27.7 Å². The van der Waals surface area contributed by atoms with E-state index in [2.05, 4.69) is 30.7 Å². The Hall–Kier alpha value is -3.49. The molecule has 142 valence electrons. The molecule has 0 aliphatic rings. The van der Waals surface area contributed by atoms with Crippen molar-refractivity contribution in [2.45, 2.75) is 0 Å². The monoisotopic (exact) mass is 422 g/mol. The Labute approximate surface area is 174 Å². The third kappa shape index (κ3) is 3.39. The molecule has 0 saturated heterocycles. The lowest BCUT2D eigenvalue weighted by Gasteiger charge is -2.05. The number of anilines is 2. The smallest absolute Gasteiger partial charge is 0.185 e. The van der Waals surface area contributed by atoms with Gasteiger partial charge in [-0.05, 0) is 18.2 Å². The van der Waals surface area contributed by atoms with Gasteiger partial charge in [0, 0.05) is 11.8 Å². The third-order valence-corrected chi connectivity index (χ3v) is 4.64. The summed E-state index contributed by atoms with van der Waals surface area (Å²) >= 11 is 12.1. The number of benzene rings is 1. The second-order valence-electron chi connectivity index (χ2n) is 6.14. The molecule has 5 rings (SSSR count). The third-order valence-electron chi connectivity index (χ3n) is 4.16. The van der Waals surface area contributed by atoms with E-state index < -0.39 is 0 Å². The first-order valence-corrected chi connectivity index (χ1v) is 9.34. The van der Waals surface area contributed by atoms with Crippen LogP contribution in [-0.4, -0.2) is 34.6 Å². The van der Waals surface area contributed by atoms with Crippen LogP contribution in [0.1, 0.15) is 0 Å². The van der Waals surface area contributed by atoms with Crippen molar-refractivity contribution in [3.63, 3.8) is 0 Å². The van der Waals surface area contributed by atoms with Gasteiger partial charge in [0.15, 0.2) is 23.1 Å². The van der Waals surface area contributed by atoms with Crippen molar-refractivity contribution < 1.29 is 0 Å². The lowest BCUT2D eigenvalue weighted by atomic mass is 10.2. The predicted molar refractivity (Wildman–Crippen MR) is 111 cm³/mol. The van der Waals surface area contributed by atoms with Crippen LogP contribution < -0.4 is 5.32 Å². The number of nitrogens with one attached hydrogen (secondary N) is 1. The summed E-state index contributed by atoms with van der Waals surface area (Å²) in [4.78, 5) is 4.22. The standard InChI is InChI=1S/C19H12Cl2N8/c20-13-8-15(21)19(22-9-13)28-11-14(10-23-28)24-16-6-7-17-25-26-18(29(17)27-16)12-4-2-1-3-5-12/h1-11H,(H,24,27). The molecule has 1 N–H and O–H groups in total. The first-order valence-electron chi connectivity index (χ1n) is 8.58. The Morgan fingerprint density at radius 1 is 0.931 bits per heavy atom. The molecule has 0 fully saturated rings. The van der Waals surface area contributed by atoms with Crippen LogP contribution in [0.15, 0.2) is 67.1 Å². The summed E-state index contributed by atoms with van der Waals surface area (Å²) in [5.74, 6) is 1.76. The molecule has 0 amide bonds. The highest BCUT2D eigenvalue weighted by molar-refractivity contribution is 6.35. The Bertz CT molecular complexity index is 1310. The first-order chi connectivity index (χ1) is 14.2. The second kappa shape index (κ2) is 7.16. The highest BCUT2D eigenvalue weighted by atomic mass is 35.5. The summed E-state index contributed by atoms with van der Waals surface area (Å²) in [6.45, 7) is 0. The number of aromatic nitrogens is 7. The molecular formula is C19H12Cl2N8. The van der Waals surface area contributed by atoms with Crippen LogP contribution >= 0.6 is 23.2 Å². The first kappa shape index (κ1) is 17.6. The van der Waals surface area contributed by atoms with Gasteiger partial charge in [0.1, 0.15) is 0 Å². The van der Waals surface area contributed by atoms with Crippen LogP contribution in [0.2, 0.25) is 10.0 Å². The highest BCUT2D eigenvalue weighted by Crippen LogP contribution is 2.23. The van der Waals surface area contributed by atoms with Crippen molar-refractivity contribution in [3.05, 3.63) is 77.2 Å². The van der Waals surface area contributed by atoms with Gasteiger partial charge in [-0.3, -0.25) is 0 Å². The Kier molecular flexibility index (Phi) is 4.34. The van der Waals surface area contributed by atoms with Gasteiger partial charge in [-0.15, -0.1) is 15.3 Å². The zero-order valence-corrected chi connectivity index (χ0v) is 16.2. The minimum Gasteiger partial charge on any atom is -0.336 e. The molecule has 1 aromatic carbocycles. The summed E-state index contributed by atoms with van der Waals surface area (Å²) in [5, 5.41) is 21.4. The van der Waals surface area contributed by atoms with Crippen molar-refractivity contribution in [2.75, 3.05) is 5.32 Å². The summed E-state index contributed by atoms with van der Waals surface area (Å²) < 4.78 is 3.26. The van der Waals surface area contributed by atoms with Crippen molar-refractivity contribution in [1.29, 1.82) is 0 Å². The van der Waals surface area contributed by atoms with Crippen LogP contribution in [0.25, 0.3) is 22.9 Å². The number of nitrogens with zero attached hydrogens (tertiary/aromatic N) is 7. The molecule has 5 aromatic rings. The SMILES string of the molecule is Clc1cnc(-n2cc(Nc3ccc4nnc(-c5ccccc5)n4n3)cn2)c(Cl)c1. The Balaban J connectivity index is 1.46. The second-order valence-corrected chi connectivity index (χ2v) is 6.98. The molecule has 0 aliphatic heterocycles. The number of hydrogen-bond acceptors (Lipinski definition) is 6. The number of pyridine rings is 1. The fourth-order valence-corrected chi connectivity index (χ4v) is 3.32. The lowest BCUT2D eigenvalue weighted by Crippen LogP contribution is -2.00. The van der Waals surface area contributed by atoms with Crippen molar-refractivity contribution in [3.8, 4) is 17.2 Å². The lowest BCUT2D eigenvalue weighted by molar-refractivity contribution is 0.847. The molecule has 0 radical (unpaired) electrons. The minimum absolute atomic E-state index is 0.406. The summed E-state index contributed by atoms with van der Waals surface area (Å²) in [6, 6.07) is 15.1. The summed E-state index contributed by atoms with van der Waals surface area (Å²) in [6.07, 6.45) is 4.94. The van der Waals surface area contributed by atoms with Crippen LogP contribution in [0.3, 0.4) is 0 Å². The highest BCUT2D eigenvalue weighted by Gasteiger charge is 2.11. The van der Waals surface area contributed by atoms with E-state index >= 15 is 0 Å². The maximum Gasteiger partial charge on any atom is 0.185 e. The molecule has 0 unspecified atom stereocenters. The van der Waals surface area contributed by atoms with E-state index in [0.29, 0.717) is 33.2 Å². The fourth-order valence-electron chi connectivity index (χ4n) is 2.85. The van der Waals surface area contributed by atoms with Gasteiger partial charge in [0.25, 0.3) is 0 Å². The maximum absolute atomic E-state index is 6.20. The summed E-state index contributed by atoms with van der Waals surface area (Å²) in [7, 11) is 0. The largest absolute Gasteiger partial charge is 0.336 e. The molecule has 4 heterocycles. The molecule has 0 spiro atoms. The van der Waals surface area contributed by atoms with Crippen LogP contribution in [0.5, 0.6) is 0 Å². The normalized spacial score (nSPS) is 11.1. The van der Waals surface area contributed by atoms with Gasteiger partial charge in [0.2, 0.25) is 0 Å². The number of halogens is 2. The molecule has 0 saturated carbocycles. The Morgan fingerprint density at radius 2 is 1.79 bits per heavy atom. The van der Waals surface area contributed by atoms with Gasteiger partial charge in [-0.1, -0.05) is 53.5 Å². The zero-order chi connectivity index (χ0) is 19.8.